The van der Waals surface area contributed by atoms with Crippen molar-refractivity contribution in [1.29, 1.82) is 0 Å². The largest absolute Gasteiger partial charge is 0.491 e. The number of halogens is 3. The summed E-state index contributed by atoms with van der Waals surface area (Å²) in [5.74, 6) is -2.05. The molecular weight excluding hydrogens is 432 g/mol. The molecule has 0 atom stereocenters. The van der Waals surface area contributed by atoms with Gasteiger partial charge >= 0.3 is 0 Å². The highest BCUT2D eigenvalue weighted by Crippen LogP contribution is 2.31. The van der Waals surface area contributed by atoms with E-state index in [1.165, 1.54) is 0 Å². The summed E-state index contributed by atoms with van der Waals surface area (Å²) >= 11 is 6.52. The lowest BCUT2D eigenvalue weighted by Crippen LogP contribution is -2.49. The first-order chi connectivity index (χ1) is 14.5. The number of hydrogen-bond donors (Lipinski definition) is 1. The number of alkyl halides is 2. The topological polar surface area (TPSA) is 44.8 Å². The highest BCUT2D eigenvalue weighted by Gasteiger charge is 2.20. The Morgan fingerprint density at radius 3 is 2.47 bits per heavy atom. The first-order valence-corrected chi connectivity index (χ1v) is 10.9. The van der Waals surface area contributed by atoms with Crippen LogP contribution in [0.4, 0.5) is 14.5 Å². The number of hydrogen-bond acceptors (Lipinski definition) is 5. The number of nitrogens with one attached hydrogen (secondary N) is 1. The number of anilines is 1. The number of carbonyl (C=O) groups is 1. The number of amides is 1. The van der Waals surface area contributed by atoms with Gasteiger partial charge < -0.3 is 10.1 Å². The smallest absolute Gasteiger partial charge is 0.288 e. The van der Waals surface area contributed by atoms with Crippen LogP contribution in [-0.2, 0) is 4.79 Å². The van der Waals surface area contributed by atoms with Crippen molar-refractivity contribution in [3.8, 4) is 5.75 Å². The van der Waals surface area contributed by atoms with Gasteiger partial charge in [-0.2, -0.15) is 8.78 Å². The van der Waals surface area contributed by atoms with E-state index in [1.807, 2.05) is 18.2 Å². The zero-order chi connectivity index (χ0) is 21.3. The van der Waals surface area contributed by atoms with E-state index in [-0.39, 0.29) is 12.5 Å². The predicted octanol–water partition coefficient (Wildman–Crippen LogP) is 4.29. The second-order valence-corrected chi connectivity index (χ2v) is 8.26. The monoisotopic (exact) mass is 455 g/mol. The third kappa shape index (κ3) is 7.12. The first-order valence-electron chi connectivity index (χ1n) is 9.67. The van der Waals surface area contributed by atoms with Crippen LogP contribution in [0.1, 0.15) is 0 Å². The fraction of sp³-hybridized carbons (Fsp3) is 0.381. The van der Waals surface area contributed by atoms with Crippen LogP contribution in [0, 0.1) is 0 Å². The van der Waals surface area contributed by atoms with E-state index in [4.69, 9.17) is 16.3 Å². The minimum Gasteiger partial charge on any atom is -0.491 e. The van der Waals surface area contributed by atoms with Crippen molar-refractivity contribution >= 4 is 35.0 Å². The highest BCUT2D eigenvalue weighted by molar-refractivity contribution is 7.99. The fourth-order valence-electron chi connectivity index (χ4n) is 3.18. The number of ether oxygens (including phenoxy) is 1. The van der Waals surface area contributed by atoms with E-state index in [9.17, 15) is 13.6 Å². The third-order valence-electron chi connectivity index (χ3n) is 4.71. The number of benzene rings is 2. The van der Waals surface area contributed by atoms with E-state index in [0.717, 1.165) is 32.7 Å². The third-order valence-corrected chi connectivity index (χ3v) is 5.81. The minimum absolute atomic E-state index is 0.201. The molecular formula is C21H24ClF2N3O2S. The lowest BCUT2D eigenvalue weighted by atomic mass is 10.3. The van der Waals surface area contributed by atoms with E-state index in [1.54, 1.807) is 30.3 Å². The lowest BCUT2D eigenvalue weighted by Gasteiger charge is -2.34. The van der Waals surface area contributed by atoms with Crippen molar-refractivity contribution in [3.63, 3.8) is 0 Å². The van der Waals surface area contributed by atoms with Crippen LogP contribution >= 0.6 is 23.4 Å². The molecule has 30 heavy (non-hydrogen) atoms. The summed E-state index contributed by atoms with van der Waals surface area (Å²) in [6, 6.07) is 14.0. The molecule has 0 aromatic heterocycles. The van der Waals surface area contributed by atoms with Gasteiger partial charge in [0.05, 0.1) is 17.3 Å². The summed E-state index contributed by atoms with van der Waals surface area (Å²) in [7, 11) is 0. The van der Waals surface area contributed by atoms with Gasteiger partial charge in [-0.15, -0.1) is 0 Å². The summed E-state index contributed by atoms with van der Waals surface area (Å²) in [4.78, 5) is 17.1. The van der Waals surface area contributed by atoms with Crippen molar-refractivity contribution in [1.82, 2.24) is 9.80 Å². The molecule has 0 radical (unpaired) electrons. The number of carbonyl (C=O) groups excluding carboxylic acids is 1. The zero-order valence-electron chi connectivity index (χ0n) is 16.4. The highest BCUT2D eigenvalue weighted by atomic mass is 35.5. The Kier molecular flexibility index (Phi) is 8.74. The van der Waals surface area contributed by atoms with Gasteiger partial charge in [0.15, 0.2) is 0 Å². The summed E-state index contributed by atoms with van der Waals surface area (Å²) < 4.78 is 31.1. The summed E-state index contributed by atoms with van der Waals surface area (Å²) in [6.07, 6.45) is 0. The van der Waals surface area contributed by atoms with E-state index < -0.39 is 5.76 Å². The molecule has 2 aromatic rings. The molecule has 3 rings (SSSR count). The molecule has 1 heterocycles. The van der Waals surface area contributed by atoms with Crippen LogP contribution < -0.4 is 10.1 Å². The Labute approximate surface area is 184 Å². The van der Waals surface area contributed by atoms with Gasteiger partial charge in [-0.3, -0.25) is 14.6 Å². The molecule has 1 aliphatic heterocycles. The normalized spacial score (nSPS) is 15.3. The van der Waals surface area contributed by atoms with Crippen LogP contribution in [0.15, 0.2) is 53.4 Å². The molecule has 2 aromatic carbocycles. The number of thioether (sulfide) groups is 1. The number of nitrogens with zero attached hydrogens (tertiary/aromatic N) is 2. The Morgan fingerprint density at radius 2 is 1.73 bits per heavy atom. The molecule has 0 saturated carbocycles. The second-order valence-electron chi connectivity index (χ2n) is 6.82. The van der Waals surface area contributed by atoms with Gasteiger partial charge in [0.2, 0.25) is 5.91 Å². The van der Waals surface area contributed by atoms with Gasteiger partial charge in [0, 0.05) is 37.6 Å². The van der Waals surface area contributed by atoms with Crippen LogP contribution in [0.2, 0.25) is 5.02 Å². The first kappa shape index (κ1) is 22.8. The maximum atomic E-state index is 12.7. The average Bonchev–Trinajstić information content (AvgIpc) is 2.72. The molecule has 1 N–H and O–H groups in total. The number of piperazine rings is 1. The number of para-hydroxylation sites is 2. The summed E-state index contributed by atoms with van der Waals surface area (Å²) in [6.45, 7) is 4.73. The van der Waals surface area contributed by atoms with Crippen molar-refractivity contribution in [2.75, 3.05) is 51.2 Å². The number of rotatable bonds is 9. The second kappa shape index (κ2) is 11.5. The summed E-state index contributed by atoms with van der Waals surface area (Å²) in [5, 5.41) is 3.35. The molecule has 0 bridgehead atoms. The van der Waals surface area contributed by atoms with Gasteiger partial charge in [0.1, 0.15) is 12.4 Å². The molecule has 0 spiro atoms. The van der Waals surface area contributed by atoms with Crippen LogP contribution in [0.25, 0.3) is 0 Å². The van der Waals surface area contributed by atoms with Crippen molar-refractivity contribution in [3.05, 3.63) is 53.6 Å². The van der Waals surface area contributed by atoms with Crippen molar-refractivity contribution in [2.45, 2.75) is 10.7 Å². The molecule has 162 valence electrons. The molecule has 9 heteroatoms. The van der Waals surface area contributed by atoms with Crippen molar-refractivity contribution in [2.24, 2.45) is 0 Å². The van der Waals surface area contributed by atoms with Crippen LogP contribution in [0.3, 0.4) is 0 Å². The van der Waals surface area contributed by atoms with Gasteiger partial charge in [-0.25, -0.2) is 0 Å². The van der Waals surface area contributed by atoms with E-state index in [2.05, 4.69) is 15.1 Å². The quantitative estimate of drug-likeness (QED) is 0.571. The van der Waals surface area contributed by atoms with Gasteiger partial charge in [-0.05, 0) is 24.3 Å². The standard InChI is InChI=1S/C21H24ClF2N3O2S/c22-16-5-1-3-7-18(16)29-14-13-26-9-11-27(12-10-26)15-20(28)25-17-6-2-4-8-19(17)30-21(23)24/h1-8,21H,9-15H2,(H,25,28). The maximum Gasteiger partial charge on any atom is 0.288 e. The Hall–Kier alpha value is -1.87. The molecule has 0 unspecified atom stereocenters. The van der Waals surface area contributed by atoms with Crippen LogP contribution in [0.5, 0.6) is 5.75 Å². The maximum absolute atomic E-state index is 12.7. The van der Waals surface area contributed by atoms with E-state index >= 15 is 0 Å². The molecule has 0 aliphatic carbocycles. The molecule has 1 fully saturated rings. The fourth-order valence-corrected chi connectivity index (χ4v) is 3.96. The SMILES string of the molecule is O=C(CN1CCN(CCOc2ccccc2Cl)CC1)Nc1ccccc1SC(F)F. The molecule has 5 nitrogen and oxygen atoms in total. The Morgan fingerprint density at radius 1 is 1.07 bits per heavy atom. The molecule has 1 saturated heterocycles. The average molecular weight is 456 g/mol. The molecule has 1 aliphatic rings. The zero-order valence-corrected chi connectivity index (χ0v) is 18.0. The Bertz CT molecular complexity index is 835. The van der Waals surface area contributed by atoms with Gasteiger partial charge in [0.25, 0.3) is 5.76 Å². The predicted molar refractivity (Wildman–Crippen MR) is 117 cm³/mol. The van der Waals surface area contributed by atoms with E-state index in [0.29, 0.717) is 39.7 Å². The summed E-state index contributed by atoms with van der Waals surface area (Å²) in [5.41, 5.74) is 0.420. The van der Waals surface area contributed by atoms with Crippen LogP contribution in [-0.4, -0.2) is 67.3 Å². The van der Waals surface area contributed by atoms with Crippen molar-refractivity contribution < 1.29 is 18.3 Å². The Balaban J connectivity index is 1.38. The van der Waals surface area contributed by atoms with Gasteiger partial charge in [-0.1, -0.05) is 47.6 Å². The molecule has 1 amide bonds. The minimum atomic E-state index is -2.53. The lowest BCUT2D eigenvalue weighted by molar-refractivity contribution is -0.117.